The van der Waals surface area contributed by atoms with Crippen molar-refractivity contribution in [1.29, 1.82) is 0 Å². The molecule has 0 saturated carbocycles. The molecule has 0 aromatic heterocycles. The van der Waals surface area contributed by atoms with Crippen LogP contribution >= 0.6 is 24.4 Å². The van der Waals surface area contributed by atoms with Crippen LogP contribution in [-0.2, 0) is 0 Å². The maximum atomic E-state index is 13.8. The number of halogens is 2. The molecule has 1 unspecified atom stereocenters. The Hall–Kier alpha value is -2.39. The largest absolute Gasteiger partial charge is 0.330 e. The summed E-state index contributed by atoms with van der Waals surface area (Å²) in [6, 6.07) is 20.1. The van der Waals surface area contributed by atoms with E-state index in [2.05, 4.69) is 52.3 Å². The van der Waals surface area contributed by atoms with E-state index in [1.54, 1.807) is 11.8 Å². The molecule has 3 N–H and O–H groups in total. The lowest BCUT2D eigenvalue weighted by Crippen LogP contribution is -2.37. The Morgan fingerprint density at radius 2 is 1.70 bits per heavy atom. The molecule has 0 aliphatic carbocycles. The molecule has 1 fully saturated rings. The topological polar surface area (TPSA) is 63.6 Å². The van der Waals surface area contributed by atoms with Crippen molar-refractivity contribution in [1.82, 2.24) is 10.3 Å². The third-order valence-electron chi connectivity index (χ3n) is 6.92. The second-order valence-electron chi connectivity index (χ2n) is 9.46. The first-order valence-electron chi connectivity index (χ1n) is 12.6. The highest BCUT2D eigenvalue weighted by atomic mass is 32.2. The molecule has 5 rings (SSSR count). The lowest BCUT2D eigenvalue weighted by Gasteiger charge is -2.32. The van der Waals surface area contributed by atoms with Gasteiger partial charge in [0.2, 0.25) is 0 Å². The van der Waals surface area contributed by atoms with Crippen LogP contribution in [0.25, 0.3) is 0 Å². The number of likely N-dealkylation sites (tertiary alicyclic amines) is 1. The zero-order chi connectivity index (χ0) is 26.2. The molecule has 0 bridgehead atoms. The van der Waals surface area contributed by atoms with Crippen LogP contribution in [0.1, 0.15) is 41.9 Å². The summed E-state index contributed by atoms with van der Waals surface area (Å²) in [4.78, 5) is 4.60. The Kier molecular flexibility index (Phi) is 10.0. The van der Waals surface area contributed by atoms with E-state index in [1.807, 2.05) is 30.5 Å². The number of nitrogens with two attached hydrogens (primary N) is 1. The highest BCUT2D eigenvalue weighted by Gasteiger charge is 2.21. The molecule has 1 atom stereocenters. The second kappa shape index (κ2) is 13.4. The lowest BCUT2D eigenvalue weighted by molar-refractivity contribution is 0.184. The van der Waals surface area contributed by atoms with Crippen LogP contribution in [-0.4, -0.2) is 43.2 Å². The van der Waals surface area contributed by atoms with Crippen molar-refractivity contribution in [2.24, 2.45) is 16.8 Å². The fourth-order valence-electron chi connectivity index (χ4n) is 4.71. The van der Waals surface area contributed by atoms with Crippen LogP contribution in [0.2, 0.25) is 0 Å². The maximum absolute atomic E-state index is 13.8. The van der Waals surface area contributed by atoms with Gasteiger partial charge in [-0.05, 0) is 105 Å². The number of hydrogen-bond acceptors (Lipinski definition) is 6. The van der Waals surface area contributed by atoms with Crippen molar-refractivity contribution >= 4 is 30.2 Å². The number of amidine groups is 1. The SMILES string of the molecule is CSc1ccc(C(CCN2CCC(CN)CC2)c2cc(F)cc(F)c2)cc1.Sc1cccc(C2=NN2)c1. The summed E-state index contributed by atoms with van der Waals surface area (Å²) in [6.07, 6.45) is 5.16. The molecule has 2 aliphatic rings. The van der Waals surface area contributed by atoms with Gasteiger partial charge in [-0.2, -0.15) is 5.10 Å². The van der Waals surface area contributed by atoms with E-state index in [4.69, 9.17) is 5.73 Å². The van der Waals surface area contributed by atoms with Gasteiger partial charge < -0.3 is 10.6 Å². The summed E-state index contributed by atoms with van der Waals surface area (Å²) in [5.74, 6) is 0.543. The van der Waals surface area contributed by atoms with Crippen molar-refractivity contribution in [3.8, 4) is 0 Å². The van der Waals surface area contributed by atoms with Gasteiger partial charge in [0.25, 0.3) is 0 Å². The summed E-state index contributed by atoms with van der Waals surface area (Å²) >= 11 is 5.88. The average Bonchev–Trinajstić information content (AvgIpc) is 3.75. The maximum Gasteiger partial charge on any atom is 0.173 e. The number of hydrazone groups is 1. The summed E-state index contributed by atoms with van der Waals surface area (Å²) < 4.78 is 27.7. The van der Waals surface area contributed by atoms with E-state index in [-0.39, 0.29) is 5.92 Å². The number of rotatable bonds is 8. The van der Waals surface area contributed by atoms with Gasteiger partial charge in [-0.25, -0.2) is 8.78 Å². The number of benzene rings is 3. The molecule has 0 amide bonds. The van der Waals surface area contributed by atoms with Gasteiger partial charge in [0.1, 0.15) is 11.6 Å². The second-order valence-corrected chi connectivity index (χ2v) is 10.9. The first kappa shape index (κ1) is 27.6. The van der Waals surface area contributed by atoms with Crippen molar-refractivity contribution < 1.29 is 8.78 Å². The zero-order valence-electron chi connectivity index (χ0n) is 21.0. The van der Waals surface area contributed by atoms with Crippen LogP contribution in [0.4, 0.5) is 8.78 Å². The Balaban J connectivity index is 0.000000265. The van der Waals surface area contributed by atoms with Gasteiger partial charge in [0.15, 0.2) is 5.84 Å². The van der Waals surface area contributed by atoms with E-state index in [0.717, 1.165) is 73.4 Å². The Labute approximate surface area is 228 Å². The lowest BCUT2D eigenvalue weighted by atomic mass is 9.87. The number of thiol groups is 1. The minimum atomic E-state index is -0.514. The molecule has 1 saturated heterocycles. The number of piperidine rings is 1. The Morgan fingerprint density at radius 1 is 1.03 bits per heavy atom. The molecule has 8 heteroatoms. The number of thioether (sulfide) groups is 1. The third kappa shape index (κ3) is 8.30. The van der Waals surface area contributed by atoms with Crippen molar-refractivity contribution in [2.75, 3.05) is 32.4 Å². The fourth-order valence-corrected chi connectivity index (χ4v) is 5.34. The zero-order valence-corrected chi connectivity index (χ0v) is 22.7. The van der Waals surface area contributed by atoms with Crippen LogP contribution in [0.3, 0.4) is 0 Å². The molecule has 2 aliphatic heterocycles. The number of nitrogens with one attached hydrogen (secondary N) is 1. The van der Waals surface area contributed by atoms with Crippen molar-refractivity contribution in [2.45, 2.75) is 35.0 Å². The minimum absolute atomic E-state index is 0.0154. The molecule has 3 aromatic carbocycles. The van der Waals surface area contributed by atoms with Gasteiger partial charge in [-0.15, -0.1) is 24.4 Å². The molecule has 37 heavy (non-hydrogen) atoms. The smallest absolute Gasteiger partial charge is 0.173 e. The predicted octanol–water partition coefficient (Wildman–Crippen LogP) is 6.12. The number of nitrogens with zero attached hydrogens (tertiary/aromatic N) is 2. The average molecular weight is 541 g/mol. The molecular formula is C29H34F2N4S2. The van der Waals surface area contributed by atoms with Crippen LogP contribution in [0.15, 0.2) is 81.6 Å². The van der Waals surface area contributed by atoms with Gasteiger partial charge in [0, 0.05) is 27.3 Å². The van der Waals surface area contributed by atoms with Crippen molar-refractivity contribution in [3.05, 3.63) is 95.1 Å². The minimum Gasteiger partial charge on any atom is -0.330 e. The molecule has 4 nitrogen and oxygen atoms in total. The highest BCUT2D eigenvalue weighted by molar-refractivity contribution is 7.98. The summed E-state index contributed by atoms with van der Waals surface area (Å²) in [5, 5.41) is 3.85. The monoisotopic (exact) mass is 540 g/mol. The van der Waals surface area contributed by atoms with Crippen LogP contribution in [0, 0.1) is 17.6 Å². The summed E-state index contributed by atoms with van der Waals surface area (Å²) in [6.45, 7) is 3.79. The van der Waals surface area contributed by atoms with E-state index < -0.39 is 11.6 Å². The molecule has 0 spiro atoms. The van der Waals surface area contributed by atoms with E-state index in [0.29, 0.717) is 11.5 Å². The standard InChI is InChI=1S/C22H28F2N2S.C7H6N2S/c1-27-21-4-2-17(3-5-21)22(18-12-19(23)14-20(24)13-18)8-11-26-9-6-16(15-25)7-10-26;10-6-3-1-2-5(4-6)7-8-9-7/h2-5,12-14,16,22H,6-11,15,25H2,1H3;1-4,10H,(H,8,9). The van der Waals surface area contributed by atoms with Gasteiger partial charge in [-0.1, -0.05) is 24.3 Å². The first-order chi connectivity index (χ1) is 17.9. The Morgan fingerprint density at radius 3 is 2.27 bits per heavy atom. The highest BCUT2D eigenvalue weighted by Crippen LogP contribution is 2.31. The molecule has 0 radical (unpaired) electrons. The van der Waals surface area contributed by atoms with Gasteiger partial charge in [0.05, 0.1) is 0 Å². The van der Waals surface area contributed by atoms with E-state index in [1.165, 1.54) is 17.0 Å². The summed E-state index contributed by atoms with van der Waals surface area (Å²) in [7, 11) is 0. The fraction of sp³-hybridized carbons (Fsp3) is 0.345. The predicted molar refractivity (Wildman–Crippen MR) is 153 cm³/mol. The van der Waals surface area contributed by atoms with E-state index >= 15 is 0 Å². The molecule has 196 valence electrons. The molecular weight excluding hydrogens is 506 g/mol. The van der Waals surface area contributed by atoms with Gasteiger partial charge >= 0.3 is 0 Å². The third-order valence-corrected chi connectivity index (χ3v) is 7.94. The quantitative estimate of drug-likeness (QED) is 0.238. The number of hydrogen-bond donors (Lipinski definition) is 3. The molecule has 3 aromatic rings. The normalized spacial score (nSPS) is 16.3. The molecule has 2 heterocycles. The van der Waals surface area contributed by atoms with Crippen molar-refractivity contribution in [3.63, 3.8) is 0 Å². The Bertz CT molecular complexity index is 1170. The van der Waals surface area contributed by atoms with E-state index in [9.17, 15) is 8.78 Å². The first-order valence-corrected chi connectivity index (χ1v) is 14.3. The van der Waals surface area contributed by atoms with Crippen LogP contribution < -0.4 is 11.2 Å². The van der Waals surface area contributed by atoms with Crippen LogP contribution in [0.5, 0.6) is 0 Å². The summed E-state index contributed by atoms with van der Waals surface area (Å²) in [5.41, 5.74) is 11.5. The van der Waals surface area contributed by atoms with Gasteiger partial charge in [-0.3, -0.25) is 5.43 Å².